The number of carboxylic acids is 1. The van der Waals surface area contributed by atoms with E-state index in [0.29, 0.717) is 26.2 Å². The number of thioether (sulfide) groups is 1. The molecule has 0 saturated heterocycles. The lowest BCUT2D eigenvalue weighted by atomic mass is 10.0. The van der Waals surface area contributed by atoms with E-state index in [-0.39, 0.29) is 18.1 Å². The quantitative estimate of drug-likeness (QED) is 0.279. The van der Waals surface area contributed by atoms with Crippen molar-refractivity contribution in [1.82, 2.24) is 0 Å². The van der Waals surface area contributed by atoms with Crippen molar-refractivity contribution in [3.8, 4) is 11.1 Å². The van der Waals surface area contributed by atoms with Crippen LogP contribution in [0.2, 0.25) is 5.02 Å². The maximum atomic E-state index is 12.5. The molecule has 176 valence electrons. The van der Waals surface area contributed by atoms with Crippen LogP contribution in [0.5, 0.6) is 0 Å². The van der Waals surface area contributed by atoms with Crippen LogP contribution in [0.15, 0.2) is 71.0 Å². The summed E-state index contributed by atoms with van der Waals surface area (Å²) >= 11 is 8.54. The van der Waals surface area contributed by atoms with Gasteiger partial charge < -0.3 is 16.2 Å². The number of nitrogens with two attached hydrogens (primary N) is 2. The Labute approximate surface area is 211 Å². The van der Waals surface area contributed by atoms with Gasteiger partial charge in [-0.3, -0.25) is 14.7 Å². The topological polar surface area (TPSA) is 118 Å². The fraction of sp³-hybridized carbons (Fsp3) is 0.120. The molecule has 3 rings (SSSR count). The van der Waals surface area contributed by atoms with E-state index in [0.717, 1.165) is 34.2 Å². The van der Waals surface area contributed by atoms with E-state index in [1.54, 1.807) is 12.1 Å². The molecule has 0 saturated carbocycles. The van der Waals surface area contributed by atoms with Crippen LogP contribution in [0.4, 0.5) is 5.69 Å². The molecule has 0 spiro atoms. The molecule has 0 aliphatic heterocycles. The maximum Gasteiger partial charge on any atom is 0.307 e. The third-order valence-corrected chi connectivity index (χ3v) is 7.16. The van der Waals surface area contributed by atoms with Gasteiger partial charge in [-0.2, -0.15) is 0 Å². The van der Waals surface area contributed by atoms with E-state index in [1.807, 2.05) is 61.5 Å². The highest BCUT2D eigenvalue weighted by Crippen LogP contribution is 2.33. The molecule has 0 radical (unpaired) electrons. The van der Waals surface area contributed by atoms with Crippen molar-refractivity contribution in [3.05, 3.63) is 92.7 Å². The second-order valence-electron chi connectivity index (χ2n) is 7.48. The number of aliphatic carboxylic acids is 1. The van der Waals surface area contributed by atoms with Gasteiger partial charge in [0.1, 0.15) is 0 Å². The summed E-state index contributed by atoms with van der Waals surface area (Å²) in [6, 6.07) is 20.4. The Kier molecular flexibility index (Phi) is 9.06. The summed E-state index contributed by atoms with van der Waals surface area (Å²) in [5.74, 6) is -0.915. The van der Waals surface area contributed by atoms with Gasteiger partial charge in [0.2, 0.25) is 5.91 Å². The SMILES string of the molecule is Cc1ccc(/C(N)=C(/SN)SCC(=O)Nc2ccc(-c3ccc(CC(=O)O)cc3)cc2)c(Cl)c1. The average molecular weight is 514 g/mol. The molecule has 0 aliphatic carbocycles. The van der Waals surface area contributed by atoms with E-state index in [1.165, 1.54) is 11.8 Å². The predicted octanol–water partition coefficient (Wildman–Crippen LogP) is 5.51. The molecule has 6 N–H and O–H groups in total. The lowest BCUT2D eigenvalue weighted by Gasteiger charge is -2.12. The van der Waals surface area contributed by atoms with Gasteiger partial charge >= 0.3 is 5.97 Å². The van der Waals surface area contributed by atoms with E-state index in [4.69, 9.17) is 27.6 Å². The molecule has 0 atom stereocenters. The van der Waals surface area contributed by atoms with Crippen LogP contribution in [0.3, 0.4) is 0 Å². The second kappa shape index (κ2) is 12.0. The molecule has 0 heterocycles. The summed E-state index contributed by atoms with van der Waals surface area (Å²) in [7, 11) is 0. The monoisotopic (exact) mass is 513 g/mol. The first-order chi connectivity index (χ1) is 16.3. The number of carboxylic acid groups (broad SMARTS) is 1. The molecular weight excluding hydrogens is 490 g/mol. The predicted molar refractivity (Wildman–Crippen MR) is 143 cm³/mol. The van der Waals surface area contributed by atoms with Crippen molar-refractivity contribution in [1.29, 1.82) is 0 Å². The molecule has 0 fully saturated rings. The number of carbonyl (C=O) groups is 2. The van der Waals surface area contributed by atoms with E-state index >= 15 is 0 Å². The fourth-order valence-electron chi connectivity index (χ4n) is 3.19. The number of hydrogen-bond acceptors (Lipinski definition) is 6. The Morgan fingerprint density at radius 1 is 1.00 bits per heavy atom. The van der Waals surface area contributed by atoms with Gasteiger partial charge in [0.25, 0.3) is 0 Å². The number of hydrogen-bond donors (Lipinski definition) is 4. The smallest absolute Gasteiger partial charge is 0.307 e. The van der Waals surface area contributed by atoms with Crippen LogP contribution >= 0.6 is 35.3 Å². The Balaban J connectivity index is 1.60. The summed E-state index contributed by atoms with van der Waals surface area (Å²) in [6.07, 6.45) is -0.00741. The highest BCUT2D eigenvalue weighted by atomic mass is 35.5. The first-order valence-corrected chi connectivity index (χ1v) is 12.5. The Bertz CT molecular complexity index is 1210. The number of aryl methyl sites for hydroxylation is 1. The van der Waals surface area contributed by atoms with Crippen LogP contribution in [0.1, 0.15) is 16.7 Å². The first-order valence-electron chi connectivity index (χ1n) is 10.2. The average Bonchev–Trinajstić information content (AvgIpc) is 2.80. The van der Waals surface area contributed by atoms with Crippen LogP contribution in [-0.4, -0.2) is 22.7 Å². The minimum Gasteiger partial charge on any atom is -0.481 e. The Morgan fingerprint density at radius 3 is 2.18 bits per heavy atom. The number of amides is 1. The van der Waals surface area contributed by atoms with Gasteiger partial charge in [-0.05, 0) is 59.3 Å². The second-order valence-corrected chi connectivity index (χ2v) is 9.78. The highest BCUT2D eigenvalue weighted by Gasteiger charge is 2.13. The number of benzene rings is 3. The van der Waals surface area contributed by atoms with Crippen molar-refractivity contribution < 1.29 is 14.7 Å². The molecule has 0 aromatic heterocycles. The maximum absolute atomic E-state index is 12.5. The molecule has 3 aromatic carbocycles. The van der Waals surface area contributed by atoms with E-state index in [9.17, 15) is 9.59 Å². The number of carbonyl (C=O) groups excluding carboxylic acids is 1. The van der Waals surface area contributed by atoms with Crippen molar-refractivity contribution in [2.24, 2.45) is 10.9 Å². The Hall–Kier alpha value is -2.91. The zero-order valence-electron chi connectivity index (χ0n) is 18.4. The summed E-state index contributed by atoms with van der Waals surface area (Å²) in [5, 5.41) is 18.1. The number of rotatable bonds is 9. The van der Waals surface area contributed by atoms with Crippen molar-refractivity contribution in [2.75, 3.05) is 11.1 Å². The van der Waals surface area contributed by atoms with Gasteiger partial charge in [-0.15, -0.1) is 11.8 Å². The first kappa shape index (κ1) is 25.7. The molecule has 3 aromatic rings. The lowest BCUT2D eigenvalue weighted by molar-refractivity contribution is -0.136. The van der Waals surface area contributed by atoms with Crippen molar-refractivity contribution in [3.63, 3.8) is 0 Å². The van der Waals surface area contributed by atoms with Crippen LogP contribution in [0.25, 0.3) is 16.8 Å². The summed E-state index contributed by atoms with van der Waals surface area (Å²) in [5.41, 5.74) is 11.7. The number of anilines is 1. The molecular formula is C25H24ClN3O3S2. The third kappa shape index (κ3) is 7.04. The Morgan fingerprint density at radius 2 is 1.62 bits per heavy atom. The van der Waals surface area contributed by atoms with E-state index < -0.39 is 5.97 Å². The standard InChI is InChI=1S/C25H24ClN3O3S2/c1-15-2-11-20(21(26)12-15)24(27)25(34-28)33-14-22(30)29-19-9-7-18(8-10-19)17-5-3-16(4-6-17)13-23(31)32/h2-12H,13-14,27-28H2,1H3,(H,29,30)(H,31,32)/b25-24-. The van der Waals surface area contributed by atoms with Gasteiger partial charge in [0, 0.05) is 11.3 Å². The molecule has 0 bridgehead atoms. The van der Waals surface area contributed by atoms with Gasteiger partial charge in [-0.1, -0.05) is 60.1 Å². The summed E-state index contributed by atoms with van der Waals surface area (Å²) < 4.78 is 0.614. The largest absolute Gasteiger partial charge is 0.481 e. The summed E-state index contributed by atoms with van der Waals surface area (Å²) in [6.45, 7) is 1.94. The van der Waals surface area contributed by atoms with E-state index in [2.05, 4.69) is 5.32 Å². The van der Waals surface area contributed by atoms with Crippen LogP contribution in [0, 0.1) is 6.92 Å². The van der Waals surface area contributed by atoms with Crippen molar-refractivity contribution in [2.45, 2.75) is 13.3 Å². The van der Waals surface area contributed by atoms with Crippen molar-refractivity contribution >= 4 is 58.6 Å². The molecule has 0 aliphatic rings. The molecule has 1 amide bonds. The number of halogens is 1. The third-order valence-electron chi connectivity index (χ3n) is 4.89. The summed E-state index contributed by atoms with van der Waals surface area (Å²) in [4.78, 5) is 23.3. The molecule has 9 heteroatoms. The number of nitrogens with one attached hydrogen (secondary N) is 1. The fourth-order valence-corrected chi connectivity index (χ4v) is 4.81. The normalized spacial score (nSPS) is 11.6. The van der Waals surface area contributed by atoms with Gasteiger partial charge in [0.15, 0.2) is 0 Å². The zero-order valence-corrected chi connectivity index (χ0v) is 20.8. The highest BCUT2D eigenvalue weighted by molar-refractivity contribution is 8.21. The van der Waals surface area contributed by atoms with Crippen LogP contribution < -0.4 is 16.2 Å². The minimum absolute atomic E-state index is 0.00741. The minimum atomic E-state index is -0.861. The van der Waals surface area contributed by atoms with Crippen LogP contribution in [-0.2, 0) is 16.0 Å². The zero-order chi connectivity index (χ0) is 24.7. The van der Waals surface area contributed by atoms with Gasteiger partial charge in [-0.25, -0.2) is 0 Å². The molecule has 6 nitrogen and oxygen atoms in total. The molecule has 34 heavy (non-hydrogen) atoms. The van der Waals surface area contributed by atoms with Gasteiger partial charge in [0.05, 0.1) is 27.1 Å². The molecule has 0 unspecified atom stereocenters. The lowest BCUT2D eigenvalue weighted by Crippen LogP contribution is -2.14.